The van der Waals surface area contributed by atoms with Crippen LogP contribution in [0.15, 0.2) is 24.3 Å². The molecule has 0 bridgehead atoms. The monoisotopic (exact) mass is 432 g/mol. The summed E-state index contributed by atoms with van der Waals surface area (Å²) in [6, 6.07) is 7.23. The minimum atomic E-state index is -4.52. The van der Waals surface area contributed by atoms with Crippen LogP contribution >= 0.6 is 0 Å². The molecule has 0 radical (unpaired) electrons. The molecule has 0 atom stereocenters. The molecule has 2 N–H and O–H groups in total. The van der Waals surface area contributed by atoms with Gasteiger partial charge >= 0.3 is 29.6 Å². The van der Waals surface area contributed by atoms with Crippen molar-refractivity contribution in [3.05, 3.63) is 24.3 Å². The zero-order valence-electron chi connectivity index (χ0n) is 18.3. The van der Waals surface area contributed by atoms with Gasteiger partial charge in [0.2, 0.25) is 4.99 Å². The molecule has 0 aromatic heterocycles. The molecule has 160 valence electrons. The van der Waals surface area contributed by atoms with E-state index in [2.05, 4.69) is 17.6 Å². The first-order valence-electron chi connectivity index (χ1n) is 11.1. The van der Waals surface area contributed by atoms with Crippen LogP contribution in [0.3, 0.4) is 0 Å². The van der Waals surface area contributed by atoms with Crippen molar-refractivity contribution < 1.29 is 42.5 Å². The van der Waals surface area contributed by atoms with E-state index in [1.807, 2.05) is 12.1 Å². The van der Waals surface area contributed by atoms with Crippen molar-refractivity contribution in [2.45, 2.75) is 102 Å². The number of hydrogen-bond acceptors (Lipinski definition) is 5. The van der Waals surface area contributed by atoms with Crippen molar-refractivity contribution in [1.29, 1.82) is 0 Å². The Morgan fingerprint density at radius 1 is 0.759 bits per heavy atom. The number of benzene rings is 1. The summed E-state index contributed by atoms with van der Waals surface area (Å²) in [5, 5.41) is 5.84. The van der Waals surface area contributed by atoms with Gasteiger partial charge in [-0.2, -0.15) is 0 Å². The Balaban J connectivity index is 0.00000420. The number of fused-ring (bicyclic) bond motifs is 1. The van der Waals surface area contributed by atoms with Gasteiger partial charge in [0.05, 0.1) is 11.4 Å². The van der Waals surface area contributed by atoms with Gasteiger partial charge in [-0.1, -0.05) is 96.1 Å². The predicted octanol–water partition coefficient (Wildman–Crippen LogP) is 3.21. The third-order valence-electron chi connectivity index (χ3n) is 5.66. The molecule has 1 aromatic carbocycles. The number of hydrogen-bond donors (Lipinski definition) is 2. The summed E-state index contributed by atoms with van der Waals surface area (Å²) >= 11 is 0. The molecule has 0 aliphatic carbocycles. The van der Waals surface area contributed by atoms with Crippen LogP contribution in [-0.4, -0.2) is 18.0 Å². The van der Waals surface area contributed by atoms with Crippen LogP contribution in [-0.2, 0) is 10.1 Å². The maximum Gasteiger partial charge on any atom is 1.00 e. The van der Waals surface area contributed by atoms with Crippen molar-refractivity contribution in [3.8, 4) is 0 Å². The topological polar surface area (TPSA) is 81.3 Å². The van der Waals surface area contributed by atoms with Crippen LogP contribution in [0.4, 0.5) is 11.4 Å². The van der Waals surface area contributed by atoms with Gasteiger partial charge in [0.15, 0.2) is 0 Å². The molecule has 0 fully saturated rings. The molecule has 1 aromatic rings. The average Bonchev–Trinajstić information content (AvgIpc) is 3.05. The normalized spacial score (nSPS) is 14.6. The van der Waals surface area contributed by atoms with Gasteiger partial charge in [0.25, 0.3) is 0 Å². The molecule has 0 spiro atoms. The van der Waals surface area contributed by atoms with Crippen LogP contribution in [0.1, 0.15) is 96.8 Å². The molecule has 0 saturated heterocycles. The summed E-state index contributed by atoms with van der Waals surface area (Å²) in [4.78, 5) is -1.60. The number of unbranched alkanes of at least 4 members (excludes halogenated alkanes) is 12. The van der Waals surface area contributed by atoms with Gasteiger partial charge in [-0.3, -0.25) is 0 Å². The van der Waals surface area contributed by atoms with Gasteiger partial charge in [0, 0.05) is 6.42 Å². The van der Waals surface area contributed by atoms with Crippen molar-refractivity contribution in [2.24, 2.45) is 0 Å². The predicted molar refractivity (Wildman–Crippen MR) is 116 cm³/mol. The molecule has 2 rings (SSSR count). The first-order valence-corrected chi connectivity index (χ1v) is 12.5. The fourth-order valence-electron chi connectivity index (χ4n) is 3.93. The Morgan fingerprint density at radius 2 is 1.14 bits per heavy atom. The van der Waals surface area contributed by atoms with E-state index in [4.69, 9.17) is 0 Å². The van der Waals surface area contributed by atoms with E-state index in [0.29, 0.717) is 17.8 Å². The maximum absolute atomic E-state index is 11.9. The summed E-state index contributed by atoms with van der Waals surface area (Å²) in [5.74, 6) is 0. The van der Waals surface area contributed by atoms with E-state index in [9.17, 15) is 13.0 Å². The first kappa shape index (κ1) is 26.8. The van der Waals surface area contributed by atoms with Crippen LogP contribution in [0.25, 0.3) is 0 Å². The molecule has 0 amide bonds. The molecule has 5 nitrogen and oxygen atoms in total. The fourth-order valence-corrected chi connectivity index (χ4v) is 4.80. The van der Waals surface area contributed by atoms with Gasteiger partial charge in [-0.15, -0.1) is 0 Å². The Kier molecular flexibility index (Phi) is 12.8. The maximum atomic E-state index is 11.9. The van der Waals surface area contributed by atoms with Crippen molar-refractivity contribution in [3.63, 3.8) is 0 Å². The first-order chi connectivity index (χ1) is 13.5. The van der Waals surface area contributed by atoms with Crippen molar-refractivity contribution in [1.82, 2.24) is 0 Å². The van der Waals surface area contributed by atoms with Crippen LogP contribution in [0.2, 0.25) is 0 Å². The van der Waals surface area contributed by atoms with Crippen molar-refractivity contribution in [2.75, 3.05) is 10.6 Å². The summed E-state index contributed by atoms with van der Waals surface area (Å²) in [6.45, 7) is 2.25. The summed E-state index contributed by atoms with van der Waals surface area (Å²) in [7, 11) is -4.52. The van der Waals surface area contributed by atoms with Gasteiger partial charge in [0.1, 0.15) is 10.1 Å². The molecule has 1 aliphatic heterocycles. The zero-order valence-corrected chi connectivity index (χ0v) is 21.2. The largest absolute Gasteiger partial charge is 1.00 e. The van der Waals surface area contributed by atoms with Gasteiger partial charge in [-0.05, 0) is 18.6 Å². The molecule has 7 heteroatoms. The van der Waals surface area contributed by atoms with Crippen molar-refractivity contribution >= 4 is 21.5 Å². The molecular formula is C22H37N2NaO3S. The summed E-state index contributed by atoms with van der Waals surface area (Å²) < 4.78 is 35.7. The van der Waals surface area contributed by atoms with E-state index in [1.54, 1.807) is 12.1 Å². The van der Waals surface area contributed by atoms with E-state index >= 15 is 0 Å². The molecule has 29 heavy (non-hydrogen) atoms. The number of nitrogens with one attached hydrogen (secondary N) is 2. The average molecular weight is 433 g/mol. The molecule has 0 saturated carbocycles. The Bertz CT molecular complexity index is 657. The Hall–Kier alpha value is -0.270. The number of rotatable bonds is 15. The third-order valence-corrected chi connectivity index (χ3v) is 6.92. The molecule has 1 heterocycles. The van der Waals surface area contributed by atoms with E-state index < -0.39 is 15.1 Å². The second-order valence-electron chi connectivity index (χ2n) is 8.07. The SMILES string of the molecule is CCCCCCCCCCCCCCCC1(S(=O)(=O)[O-])Nc2ccccc2N1.[Na+]. The number of para-hydroxylation sites is 2. The zero-order chi connectivity index (χ0) is 20.3. The minimum Gasteiger partial charge on any atom is -0.745 e. The van der Waals surface area contributed by atoms with E-state index in [1.165, 1.54) is 64.2 Å². The summed E-state index contributed by atoms with van der Waals surface area (Å²) in [5.41, 5.74) is 1.35. The van der Waals surface area contributed by atoms with Crippen LogP contribution in [0, 0.1) is 0 Å². The van der Waals surface area contributed by atoms with Gasteiger partial charge < -0.3 is 15.2 Å². The van der Waals surface area contributed by atoms with Crippen LogP contribution < -0.4 is 40.2 Å². The van der Waals surface area contributed by atoms with Crippen LogP contribution in [0.5, 0.6) is 0 Å². The smallest absolute Gasteiger partial charge is 0.745 e. The third kappa shape index (κ3) is 8.78. The molecular weight excluding hydrogens is 395 g/mol. The standard InChI is InChI=1S/C22H38N2O3S.Na/c1-2-3-4-5-6-7-8-9-10-11-12-13-16-19-22(28(25,26)27)23-20-17-14-15-18-21(20)24-22;/h14-15,17-18,23-24H,2-13,16,19H2,1H3,(H,25,26,27);/q;+1/p-1. The second kappa shape index (κ2) is 13.9. The fraction of sp³-hybridized carbons (Fsp3) is 0.727. The number of anilines is 2. The Labute approximate surface area is 199 Å². The van der Waals surface area contributed by atoms with E-state index in [0.717, 1.165) is 12.8 Å². The molecule has 1 aliphatic rings. The van der Waals surface area contributed by atoms with Gasteiger partial charge in [-0.25, -0.2) is 8.42 Å². The minimum absolute atomic E-state index is 0. The summed E-state index contributed by atoms with van der Waals surface area (Å²) in [6.07, 6.45) is 16.3. The Morgan fingerprint density at radius 3 is 1.52 bits per heavy atom. The second-order valence-corrected chi connectivity index (χ2v) is 9.67. The molecule has 0 unspecified atom stereocenters. The quantitative estimate of drug-likeness (QED) is 0.253. The van der Waals surface area contributed by atoms with E-state index in [-0.39, 0.29) is 36.0 Å².